The van der Waals surface area contributed by atoms with Crippen molar-refractivity contribution < 1.29 is 22.8 Å². The van der Waals surface area contributed by atoms with Crippen LogP contribution in [0.15, 0.2) is 0 Å². The molecule has 0 aromatic carbocycles. The Kier molecular flexibility index (Phi) is 4.14. The Labute approximate surface area is 90.8 Å². The lowest BCUT2D eigenvalue weighted by Gasteiger charge is -2.15. The molecule has 0 bridgehead atoms. The smallest absolute Gasteiger partial charge is 0.348 e. The second-order valence-corrected chi connectivity index (χ2v) is 3.59. The van der Waals surface area contributed by atoms with Gasteiger partial charge in [-0.3, -0.25) is 9.59 Å². The highest BCUT2D eigenvalue weighted by atomic mass is 19.4. The summed E-state index contributed by atoms with van der Waals surface area (Å²) in [5, 5.41) is 1.76. The molecule has 1 saturated heterocycles. The summed E-state index contributed by atoms with van der Waals surface area (Å²) in [5.74, 6) is -1.90. The lowest BCUT2D eigenvalue weighted by molar-refractivity contribution is -0.173. The molecule has 4 nitrogen and oxygen atoms in total. The van der Waals surface area contributed by atoms with Crippen LogP contribution in [0.5, 0.6) is 0 Å². The van der Waals surface area contributed by atoms with Gasteiger partial charge in [0.15, 0.2) is 0 Å². The summed E-state index contributed by atoms with van der Waals surface area (Å²) in [7, 11) is 0. The van der Waals surface area contributed by atoms with E-state index in [1.807, 2.05) is 0 Å². The van der Waals surface area contributed by atoms with Gasteiger partial charge in [-0.15, -0.1) is 0 Å². The van der Waals surface area contributed by atoms with Crippen molar-refractivity contribution in [1.29, 1.82) is 0 Å². The molecule has 0 spiro atoms. The molecule has 0 aromatic heterocycles. The highest BCUT2D eigenvalue weighted by Crippen LogP contribution is 2.14. The molecule has 1 N–H and O–H groups in total. The Bertz CT molecular complexity index is 278. The maximum Gasteiger partial charge on any atom is 0.471 e. The summed E-state index contributed by atoms with van der Waals surface area (Å²) < 4.78 is 35.3. The fourth-order valence-corrected chi connectivity index (χ4v) is 1.51. The predicted molar refractivity (Wildman–Crippen MR) is 49.5 cm³/mol. The van der Waals surface area contributed by atoms with Gasteiger partial charge in [-0.1, -0.05) is 0 Å². The second kappa shape index (κ2) is 5.18. The number of hydrogen-bond donors (Lipinski definition) is 1. The lowest BCUT2D eigenvalue weighted by Crippen LogP contribution is -2.38. The SMILES string of the molecule is O=C1CCCN1CCCNC(=O)C(F)(F)F. The van der Waals surface area contributed by atoms with E-state index >= 15 is 0 Å². The zero-order chi connectivity index (χ0) is 12.2. The molecule has 2 amide bonds. The Morgan fingerprint density at radius 1 is 1.44 bits per heavy atom. The minimum absolute atomic E-state index is 0.0298. The van der Waals surface area contributed by atoms with Gasteiger partial charge >= 0.3 is 12.1 Å². The Morgan fingerprint density at radius 3 is 2.62 bits per heavy atom. The molecule has 1 rings (SSSR count). The van der Waals surface area contributed by atoms with Crippen LogP contribution in [-0.4, -0.2) is 42.5 Å². The molecule has 1 aliphatic heterocycles. The van der Waals surface area contributed by atoms with Crippen LogP contribution >= 0.6 is 0 Å². The summed E-state index contributed by atoms with van der Waals surface area (Å²) in [6.45, 7) is 0.991. The van der Waals surface area contributed by atoms with Crippen molar-refractivity contribution in [2.75, 3.05) is 19.6 Å². The predicted octanol–water partition coefficient (Wildman–Crippen LogP) is 0.677. The van der Waals surface area contributed by atoms with Gasteiger partial charge in [0.2, 0.25) is 5.91 Å². The minimum Gasteiger partial charge on any atom is -0.348 e. The number of rotatable bonds is 4. The Morgan fingerprint density at radius 2 is 2.12 bits per heavy atom. The molecule has 92 valence electrons. The third-order valence-electron chi connectivity index (χ3n) is 2.32. The summed E-state index contributed by atoms with van der Waals surface area (Å²) in [5.41, 5.74) is 0. The lowest BCUT2D eigenvalue weighted by atomic mass is 10.4. The van der Waals surface area contributed by atoms with E-state index in [1.54, 1.807) is 10.2 Å². The van der Waals surface area contributed by atoms with Crippen LogP contribution in [0.1, 0.15) is 19.3 Å². The molecule has 0 saturated carbocycles. The first-order valence-corrected chi connectivity index (χ1v) is 5.04. The van der Waals surface area contributed by atoms with Gasteiger partial charge in [0, 0.05) is 26.1 Å². The monoisotopic (exact) mass is 238 g/mol. The molecule has 1 aliphatic rings. The molecule has 0 radical (unpaired) electrons. The van der Waals surface area contributed by atoms with Gasteiger partial charge in [0.25, 0.3) is 0 Å². The van der Waals surface area contributed by atoms with Crippen molar-refractivity contribution in [2.24, 2.45) is 0 Å². The number of amides is 2. The van der Waals surface area contributed by atoms with Crippen molar-refractivity contribution in [3.63, 3.8) is 0 Å². The van der Waals surface area contributed by atoms with E-state index in [0.717, 1.165) is 6.42 Å². The van der Waals surface area contributed by atoms with Gasteiger partial charge in [-0.25, -0.2) is 0 Å². The number of alkyl halides is 3. The maximum absolute atomic E-state index is 11.8. The van der Waals surface area contributed by atoms with Gasteiger partial charge in [-0.05, 0) is 12.8 Å². The largest absolute Gasteiger partial charge is 0.471 e. The quantitative estimate of drug-likeness (QED) is 0.732. The molecule has 0 aromatic rings. The van der Waals surface area contributed by atoms with E-state index < -0.39 is 12.1 Å². The number of nitrogens with one attached hydrogen (secondary N) is 1. The fraction of sp³-hybridized carbons (Fsp3) is 0.778. The minimum atomic E-state index is -4.83. The van der Waals surface area contributed by atoms with Crippen LogP contribution in [0.25, 0.3) is 0 Å². The zero-order valence-corrected chi connectivity index (χ0v) is 8.64. The van der Waals surface area contributed by atoms with E-state index in [1.165, 1.54) is 0 Å². The van der Waals surface area contributed by atoms with Crippen LogP contribution in [0, 0.1) is 0 Å². The number of hydrogen-bond acceptors (Lipinski definition) is 2. The number of halogens is 3. The average Bonchev–Trinajstić information content (AvgIpc) is 2.57. The third-order valence-corrected chi connectivity index (χ3v) is 2.32. The highest BCUT2D eigenvalue weighted by Gasteiger charge is 2.38. The van der Waals surface area contributed by atoms with E-state index in [0.29, 0.717) is 25.9 Å². The van der Waals surface area contributed by atoms with Crippen LogP contribution in [0.3, 0.4) is 0 Å². The summed E-state index contributed by atoms with van der Waals surface area (Å²) >= 11 is 0. The van der Waals surface area contributed by atoms with Gasteiger partial charge in [0.1, 0.15) is 0 Å². The van der Waals surface area contributed by atoms with Crippen LogP contribution in [0.2, 0.25) is 0 Å². The molecule has 16 heavy (non-hydrogen) atoms. The van der Waals surface area contributed by atoms with Gasteiger partial charge in [-0.2, -0.15) is 13.2 Å². The molecular formula is C9H13F3N2O2. The van der Waals surface area contributed by atoms with Crippen LogP contribution in [-0.2, 0) is 9.59 Å². The van der Waals surface area contributed by atoms with Crippen molar-refractivity contribution >= 4 is 11.8 Å². The van der Waals surface area contributed by atoms with E-state index in [2.05, 4.69) is 0 Å². The number of likely N-dealkylation sites (tertiary alicyclic amines) is 1. The third kappa shape index (κ3) is 3.71. The second-order valence-electron chi connectivity index (χ2n) is 3.59. The summed E-state index contributed by atoms with van der Waals surface area (Å²) in [6.07, 6.45) is -3.18. The van der Waals surface area contributed by atoms with Crippen LogP contribution in [0.4, 0.5) is 13.2 Å². The van der Waals surface area contributed by atoms with Gasteiger partial charge in [0.05, 0.1) is 0 Å². The van der Waals surface area contributed by atoms with E-state index in [9.17, 15) is 22.8 Å². The van der Waals surface area contributed by atoms with Crippen molar-refractivity contribution in [1.82, 2.24) is 10.2 Å². The molecule has 1 fully saturated rings. The van der Waals surface area contributed by atoms with Crippen molar-refractivity contribution in [3.8, 4) is 0 Å². The number of carbonyl (C=O) groups is 2. The summed E-state index contributed by atoms with van der Waals surface area (Å²) in [4.78, 5) is 23.1. The first-order valence-electron chi connectivity index (χ1n) is 5.04. The van der Waals surface area contributed by atoms with Gasteiger partial charge < -0.3 is 10.2 Å². The Hall–Kier alpha value is -1.27. The Balaban J connectivity index is 2.12. The van der Waals surface area contributed by atoms with Crippen molar-refractivity contribution in [2.45, 2.75) is 25.4 Å². The molecule has 0 unspecified atom stereocenters. The molecule has 7 heteroatoms. The molecular weight excluding hydrogens is 225 g/mol. The topological polar surface area (TPSA) is 49.4 Å². The zero-order valence-electron chi connectivity index (χ0n) is 8.64. The van der Waals surface area contributed by atoms with E-state index in [4.69, 9.17) is 0 Å². The first-order chi connectivity index (χ1) is 7.41. The number of nitrogens with zero attached hydrogens (tertiary/aromatic N) is 1. The highest BCUT2D eigenvalue weighted by molar-refractivity contribution is 5.81. The maximum atomic E-state index is 11.8. The normalized spacial score (nSPS) is 16.7. The standard InChI is InChI=1S/C9H13F3N2O2/c10-9(11,12)8(16)13-4-2-6-14-5-1-3-7(14)15/h1-6H2,(H,13,16). The molecule has 0 aliphatic carbocycles. The average molecular weight is 238 g/mol. The van der Waals surface area contributed by atoms with Crippen molar-refractivity contribution in [3.05, 3.63) is 0 Å². The number of carbonyl (C=O) groups excluding carboxylic acids is 2. The van der Waals surface area contributed by atoms with Crippen LogP contribution < -0.4 is 5.32 Å². The molecule has 1 heterocycles. The fourth-order valence-electron chi connectivity index (χ4n) is 1.51. The van der Waals surface area contributed by atoms with E-state index in [-0.39, 0.29) is 12.5 Å². The molecule has 0 atom stereocenters. The first kappa shape index (κ1) is 12.8. The summed E-state index contributed by atoms with van der Waals surface area (Å²) in [6, 6.07) is 0.